The van der Waals surface area contributed by atoms with Crippen LogP contribution in [0.4, 0.5) is 0 Å². The first-order chi connectivity index (χ1) is 7.67. The van der Waals surface area contributed by atoms with Crippen molar-refractivity contribution >= 4 is 5.91 Å². The molecule has 4 atom stereocenters. The largest absolute Gasteiger partial charge is 0.340 e. The van der Waals surface area contributed by atoms with E-state index < -0.39 is 0 Å². The zero-order valence-corrected chi connectivity index (χ0v) is 10.7. The maximum Gasteiger partial charge on any atom is 0.227 e. The maximum absolute atomic E-state index is 12.5. The van der Waals surface area contributed by atoms with Crippen molar-refractivity contribution in [3.63, 3.8) is 0 Å². The van der Waals surface area contributed by atoms with Gasteiger partial charge in [-0.05, 0) is 39.5 Å². The minimum Gasteiger partial charge on any atom is -0.340 e. The number of hydrogen-bond acceptors (Lipinski definition) is 2. The van der Waals surface area contributed by atoms with Crippen molar-refractivity contribution in [3.8, 4) is 0 Å². The Morgan fingerprint density at radius 1 is 1.44 bits per heavy atom. The van der Waals surface area contributed by atoms with Gasteiger partial charge in [0.15, 0.2) is 0 Å². The van der Waals surface area contributed by atoms with Crippen LogP contribution in [0.15, 0.2) is 0 Å². The summed E-state index contributed by atoms with van der Waals surface area (Å²) in [6.07, 6.45) is 4.58. The van der Waals surface area contributed by atoms with Crippen molar-refractivity contribution < 1.29 is 4.79 Å². The molecule has 4 unspecified atom stereocenters. The van der Waals surface area contributed by atoms with Gasteiger partial charge < -0.3 is 10.2 Å². The van der Waals surface area contributed by atoms with Crippen LogP contribution >= 0.6 is 0 Å². The number of amides is 1. The van der Waals surface area contributed by atoms with Crippen molar-refractivity contribution in [3.05, 3.63) is 0 Å². The first kappa shape index (κ1) is 11.9. The average molecular weight is 224 g/mol. The molecule has 2 bridgehead atoms. The Kier molecular flexibility index (Phi) is 3.53. The Hall–Kier alpha value is -0.570. The maximum atomic E-state index is 12.5. The van der Waals surface area contributed by atoms with Gasteiger partial charge in [-0.1, -0.05) is 6.92 Å². The molecule has 0 radical (unpaired) electrons. The first-order valence-electron chi connectivity index (χ1n) is 6.73. The average Bonchev–Trinajstić information content (AvgIpc) is 2.91. The minimum absolute atomic E-state index is 0.257. The molecule has 2 rings (SSSR count). The second-order valence-electron chi connectivity index (χ2n) is 5.27. The van der Waals surface area contributed by atoms with E-state index in [0.717, 1.165) is 19.4 Å². The van der Waals surface area contributed by atoms with Crippen molar-refractivity contribution in [1.29, 1.82) is 0 Å². The third-order valence-electron chi connectivity index (χ3n) is 4.36. The molecule has 92 valence electrons. The molecule has 0 aliphatic carbocycles. The van der Waals surface area contributed by atoms with Gasteiger partial charge in [-0.3, -0.25) is 4.79 Å². The summed E-state index contributed by atoms with van der Waals surface area (Å²) < 4.78 is 0. The van der Waals surface area contributed by atoms with E-state index in [-0.39, 0.29) is 5.92 Å². The second kappa shape index (κ2) is 4.74. The molecule has 1 N–H and O–H groups in total. The van der Waals surface area contributed by atoms with E-state index in [2.05, 4.69) is 31.0 Å². The summed E-state index contributed by atoms with van der Waals surface area (Å²) in [4.78, 5) is 14.5. The summed E-state index contributed by atoms with van der Waals surface area (Å²) in [5.41, 5.74) is 0. The van der Waals surface area contributed by atoms with Crippen LogP contribution in [0.5, 0.6) is 0 Å². The molecular weight excluding hydrogens is 200 g/mol. The van der Waals surface area contributed by atoms with Crippen LogP contribution in [-0.4, -0.2) is 35.5 Å². The van der Waals surface area contributed by atoms with Crippen LogP contribution in [-0.2, 0) is 4.79 Å². The number of hydrogen-bond donors (Lipinski definition) is 1. The highest BCUT2D eigenvalue weighted by Crippen LogP contribution is 2.34. The number of carbonyl (C=O) groups excluding carboxylic acids is 1. The van der Waals surface area contributed by atoms with Crippen LogP contribution in [0.3, 0.4) is 0 Å². The smallest absolute Gasteiger partial charge is 0.227 e. The van der Waals surface area contributed by atoms with E-state index in [9.17, 15) is 4.79 Å². The van der Waals surface area contributed by atoms with E-state index >= 15 is 0 Å². The summed E-state index contributed by atoms with van der Waals surface area (Å²) in [7, 11) is 0. The Balaban J connectivity index is 2.00. The Bertz CT molecular complexity index is 263. The number of fused-ring (bicyclic) bond motifs is 2. The third kappa shape index (κ3) is 1.97. The molecule has 0 aromatic rings. The summed E-state index contributed by atoms with van der Waals surface area (Å²) in [5, 5.41) is 3.55. The van der Waals surface area contributed by atoms with Crippen LogP contribution in [0.2, 0.25) is 0 Å². The van der Waals surface area contributed by atoms with E-state index in [1.54, 1.807) is 0 Å². The van der Waals surface area contributed by atoms with Gasteiger partial charge >= 0.3 is 0 Å². The number of nitrogens with zero attached hydrogens (tertiary/aromatic N) is 1. The normalized spacial score (nSPS) is 34.1. The molecule has 2 saturated heterocycles. The van der Waals surface area contributed by atoms with Crippen LogP contribution in [0, 0.1) is 5.92 Å². The van der Waals surface area contributed by atoms with Crippen molar-refractivity contribution in [2.75, 3.05) is 6.54 Å². The Morgan fingerprint density at radius 3 is 2.62 bits per heavy atom. The van der Waals surface area contributed by atoms with Crippen LogP contribution < -0.4 is 5.32 Å². The molecular formula is C13H24N2O. The molecule has 0 aromatic heterocycles. The zero-order valence-electron chi connectivity index (χ0n) is 10.7. The monoisotopic (exact) mass is 224 g/mol. The molecule has 3 heteroatoms. The SMILES string of the molecule is CCC(C)N(CC)C(=O)C1CC2CCC1N2. The van der Waals surface area contributed by atoms with Crippen molar-refractivity contribution in [2.45, 2.75) is 64.6 Å². The lowest BCUT2D eigenvalue weighted by Gasteiger charge is -2.32. The molecule has 16 heavy (non-hydrogen) atoms. The number of nitrogens with one attached hydrogen (secondary N) is 1. The highest BCUT2D eigenvalue weighted by atomic mass is 16.2. The van der Waals surface area contributed by atoms with Gasteiger partial charge in [0.1, 0.15) is 0 Å². The summed E-state index contributed by atoms with van der Waals surface area (Å²) in [6.45, 7) is 7.24. The lowest BCUT2D eigenvalue weighted by atomic mass is 9.88. The van der Waals surface area contributed by atoms with Gasteiger partial charge in [-0.15, -0.1) is 0 Å². The van der Waals surface area contributed by atoms with E-state index in [4.69, 9.17) is 0 Å². The quantitative estimate of drug-likeness (QED) is 0.789. The predicted molar refractivity (Wildman–Crippen MR) is 65.2 cm³/mol. The summed E-state index contributed by atoms with van der Waals surface area (Å²) in [6, 6.07) is 1.47. The minimum atomic E-state index is 0.257. The first-order valence-corrected chi connectivity index (χ1v) is 6.73. The Labute approximate surface area is 98.6 Å². The lowest BCUT2D eigenvalue weighted by Crippen LogP contribution is -2.45. The number of carbonyl (C=O) groups is 1. The molecule has 1 amide bonds. The highest BCUT2D eigenvalue weighted by molar-refractivity contribution is 5.80. The second-order valence-corrected chi connectivity index (χ2v) is 5.27. The predicted octanol–water partition coefficient (Wildman–Crippen LogP) is 1.77. The summed E-state index contributed by atoms with van der Waals surface area (Å²) in [5.74, 6) is 0.643. The van der Waals surface area contributed by atoms with Crippen molar-refractivity contribution in [2.24, 2.45) is 5.92 Å². The molecule has 2 aliphatic rings. The fourth-order valence-electron chi connectivity index (χ4n) is 3.22. The van der Waals surface area contributed by atoms with Crippen LogP contribution in [0.25, 0.3) is 0 Å². The zero-order chi connectivity index (χ0) is 11.7. The van der Waals surface area contributed by atoms with E-state index in [0.29, 0.717) is 24.0 Å². The fraction of sp³-hybridized carbons (Fsp3) is 0.923. The van der Waals surface area contributed by atoms with Gasteiger partial charge in [0.25, 0.3) is 0 Å². The van der Waals surface area contributed by atoms with Crippen molar-refractivity contribution in [1.82, 2.24) is 10.2 Å². The standard InChI is InChI=1S/C13H24N2O/c1-4-9(3)15(5-2)13(16)11-8-10-6-7-12(11)14-10/h9-12,14H,4-8H2,1-3H3. The number of rotatable bonds is 4. The van der Waals surface area contributed by atoms with Gasteiger partial charge in [0.05, 0.1) is 5.92 Å². The lowest BCUT2D eigenvalue weighted by molar-refractivity contribution is -0.138. The molecule has 2 aliphatic heterocycles. The molecule has 3 nitrogen and oxygen atoms in total. The molecule has 2 fully saturated rings. The molecule has 0 spiro atoms. The van der Waals surface area contributed by atoms with E-state index in [1.165, 1.54) is 12.8 Å². The van der Waals surface area contributed by atoms with Crippen LogP contribution in [0.1, 0.15) is 46.5 Å². The third-order valence-corrected chi connectivity index (χ3v) is 4.36. The molecule has 0 saturated carbocycles. The van der Waals surface area contributed by atoms with E-state index in [1.807, 2.05) is 0 Å². The van der Waals surface area contributed by atoms with Gasteiger partial charge in [-0.2, -0.15) is 0 Å². The topological polar surface area (TPSA) is 32.3 Å². The van der Waals surface area contributed by atoms with Gasteiger partial charge in [0, 0.05) is 24.7 Å². The fourth-order valence-corrected chi connectivity index (χ4v) is 3.22. The molecule has 2 heterocycles. The Morgan fingerprint density at radius 2 is 2.19 bits per heavy atom. The van der Waals surface area contributed by atoms with Gasteiger partial charge in [0.2, 0.25) is 5.91 Å². The summed E-state index contributed by atoms with van der Waals surface area (Å²) >= 11 is 0. The van der Waals surface area contributed by atoms with Gasteiger partial charge in [-0.25, -0.2) is 0 Å². The molecule has 0 aromatic carbocycles. The highest BCUT2D eigenvalue weighted by Gasteiger charge is 2.44.